The highest BCUT2D eigenvalue weighted by atomic mass is 32.2. The molecule has 48 heavy (non-hydrogen) atoms. The number of benzene rings is 4. The van der Waals surface area contributed by atoms with Crippen LogP contribution in [0.25, 0.3) is 0 Å². The Bertz CT molecular complexity index is 1980. The Kier molecular flexibility index (Phi) is 10.4. The average Bonchev–Trinajstić information content (AvgIpc) is 2.96. The van der Waals surface area contributed by atoms with Gasteiger partial charge in [-0.05, 0) is 73.9 Å². The summed E-state index contributed by atoms with van der Waals surface area (Å²) in [5.74, 6) is 0. The van der Waals surface area contributed by atoms with Crippen LogP contribution in [-0.4, -0.2) is 43.3 Å². The molecule has 0 radical (unpaired) electrons. The largest absolute Gasteiger partial charge is 0.333 e. The van der Waals surface area contributed by atoms with Crippen LogP contribution in [0.5, 0.6) is 0 Å². The molecule has 0 aliphatic carbocycles. The van der Waals surface area contributed by atoms with Gasteiger partial charge in [0.25, 0.3) is 30.1 Å². The van der Waals surface area contributed by atoms with Crippen LogP contribution in [0.15, 0.2) is 106 Å². The Balaban J connectivity index is 1.59. The molecule has 0 aliphatic heterocycles. The van der Waals surface area contributed by atoms with Crippen molar-refractivity contribution in [1.82, 2.24) is 14.2 Å². The molecule has 0 spiro atoms. The highest BCUT2D eigenvalue weighted by molar-refractivity contribution is 7.90. The third-order valence-electron chi connectivity index (χ3n) is 6.54. The zero-order chi connectivity index (χ0) is 35.3. The molecule has 4 rings (SSSR count). The smallest absolute Gasteiger partial charge is 0.307 e. The first-order valence-corrected chi connectivity index (χ1v) is 18.3. The van der Waals surface area contributed by atoms with Crippen molar-refractivity contribution in [1.29, 1.82) is 0 Å². The van der Waals surface area contributed by atoms with Crippen LogP contribution in [0.4, 0.5) is 31.4 Å². The van der Waals surface area contributed by atoms with Crippen LogP contribution in [0, 0.1) is 20.8 Å². The zero-order valence-electron chi connectivity index (χ0n) is 25.6. The Hall–Kier alpha value is -5.46. The second-order valence-corrected chi connectivity index (χ2v) is 15.2. The molecule has 0 aromatic heterocycles. The Morgan fingerprint density at radius 2 is 0.646 bits per heavy atom. The molecular formula is C30H30N6O9S3. The normalized spacial score (nSPS) is 11.6. The first-order chi connectivity index (χ1) is 22.5. The van der Waals surface area contributed by atoms with Crippen LogP contribution in [0.3, 0.4) is 0 Å². The second-order valence-electron chi connectivity index (χ2n) is 10.3. The highest BCUT2D eigenvalue weighted by Crippen LogP contribution is 2.24. The Morgan fingerprint density at radius 1 is 0.417 bits per heavy atom. The third-order valence-corrected chi connectivity index (χ3v) is 11.0. The van der Waals surface area contributed by atoms with Gasteiger partial charge in [-0.1, -0.05) is 54.6 Å². The van der Waals surface area contributed by atoms with Gasteiger partial charge in [0.05, 0.1) is 14.7 Å². The van der Waals surface area contributed by atoms with Gasteiger partial charge in [-0.25, -0.2) is 53.8 Å². The molecule has 6 N–H and O–H groups in total. The third kappa shape index (κ3) is 8.87. The predicted octanol–water partition coefficient (Wildman–Crippen LogP) is 4.14. The molecule has 0 heterocycles. The number of aryl methyl sites for hydroxylation is 3. The molecular weight excluding hydrogens is 685 g/mol. The van der Waals surface area contributed by atoms with Gasteiger partial charge in [0.1, 0.15) is 0 Å². The fourth-order valence-corrected chi connectivity index (χ4v) is 7.88. The zero-order valence-corrected chi connectivity index (χ0v) is 28.0. The highest BCUT2D eigenvalue weighted by Gasteiger charge is 2.23. The first kappa shape index (κ1) is 35.4. The summed E-state index contributed by atoms with van der Waals surface area (Å²) in [6, 6.07) is 17.5. The minimum absolute atomic E-state index is 0.156. The van der Waals surface area contributed by atoms with Crippen molar-refractivity contribution in [2.45, 2.75) is 35.5 Å². The van der Waals surface area contributed by atoms with Crippen LogP contribution in [-0.2, 0) is 30.1 Å². The second kappa shape index (κ2) is 14.1. The molecule has 4 aromatic rings. The number of amides is 6. The van der Waals surface area contributed by atoms with Gasteiger partial charge >= 0.3 is 18.1 Å². The van der Waals surface area contributed by atoms with E-state index in [2.05, 4.69) is 16.0 Å². The minimum atomic E-state index is -4.32. The van der Waals surface area contributed by atoms with Crippen LogP contribution in [0.1, 0.15) is 16.7 Å². The quantitative estimate of drug-likeness (QED) is 0.146. The minimum Gasteiger partial charge on any atom is -0.307 e. The van der Waals surface area contributed by atoms with Crippen molar-refractivity contribution in [2.24, 2.45) is 0 Å². The maximum atomic E-state index is 12.8. The maximum absolute atomic E-state index is 12.8. The van der Waals surface area contributed by atoms with E-state index in [-0.39, 0.29) is 31.7 Å². The summed E-state index contributed by atoms with van der Waals surface area (Å²) in [6.07, 6.45) is 0. The molecule has 18 heteroatoms. The summed E-state index contributed by atoms with van der Waals surface area (Å²) in [7, 11) is -13.0. The lowest BCUT2D eigenvalue weighted by atomic mass is 10.2. The van der Waals surface area contributed by atoms with E-state index < -0.39 is 48.2 Å². The molecule has 0 unspecified atom stereocenters. The van der Waals surface area contributed by atoms with E-state index in [1.165, 1.54) is 75.4 Å². The van der Waals surface area contributed by atoms with Crippen LogP contribution in [0.2, 0.25) is 0 Å². The molecule has 0 atom stereocenters. The molecule has 0 fully saturated rings. The van der Waals surface area contributed by atoms with Crippen molar-refractivity contribution in [2.75, 3.05) is 16.0 Å². The molecule has 0 saturated heterocycles. The Labute approximate surface area is 277 Å². The fraction of sp³-hybridized carbons (Fsp3) is 0.100. The number of hydrogen-bond donors (Lipinski definition) is 6. The topological polar surface area (TPSA) is 226 Å². The summed E-state index contributed by atoms with van der Waals surface area (Å²) >= 11 is 0. The standard InChI is InChI=1S/C30H30N6O9S3/c1-19-10-4-7-13-25(19)46(40,41)34-28(37)31-22-16-23(32-29(38)35-47(42,43)26-14-8-5-11-20(26)2)18-24(17-22)33-30(39)36-48(44,45)27-15-9-6-12-21(27)3/h4-18H,1-3H3,(H2,31,34,37)(H2,32,35,38)(H2,33,36,39). The van der Waals surface area contributed by atoms with Gasteiger partial charge in [0, 0.05) is 17.1 Å². The monoisotopic (exact) mass is 714 g/mol. The lowest BCUT2D eigenvalue weighted by Gasteiger charge is -2.15. The van der Waals surface area contributed by atoms with E-state index in [1.54, 1.807) is 18.2 Å². The number of rotatable bonds is 9. The van der Waals surface area contributed by atoms with E-state index in [1.807, 2.05) is 14.2 Å². The van der Waals surface area contributed by atoms with Crippen molar-refractivity contribution in [3.63, 3.8) is 0 Å². The molecule has 15 nitrogen and oxygen atoms in total. The van der Waals surface area contributed by atoms with Gasteiger partial charge in [-0.15, -0.1) is 0 Å². The SMILES string of the molecule is Cc1ccccc1S(=O)(=O)NC(=O)Nc1cc(NC(=O)NS(=O)(=O)c2ccccc2C)cc(NC(=O)NS(=O)(=O)c2ccccc2C)c1. The van der Waals surface area contributed by atoms with Crippen LogP contribution < -0.4 is 30.1 Å². The van der Waals surface area contributed by atoms with Gasteiger partial charge in [0.15, 0.2) is 0 Å². The summed E-state index contributed by atoms with van der Waals surface area (Å²) in [4.78, 5) is 37.8. The Morgan fingerprint density at radius 3 is 0.875 bits per heavy atom. The molecule has 4 aromatic carbocycles. The fourth-order valence-electron chi connectivity index (χ4n) is 4.42. The number of sulfonamides is 3. The molecule has 0 saturated carbocycles. The van der Waals surface area contributed by atoms with Crippen molar-refractivity contribution in [3.05, 3.63) is 108 Å². The average molecular weight is 715 g/mol. The lowest BCUT2D eigenvalue weighted by Crippen LogP contribution is -2.36. The lowest BCUT2D eigenvalue weighted by molar-refractivity contribution is 0.255. The van der Waals surface area contributed by atoms with Gasteiger partial charge in [0.2, 0.25) is 0 Å². The molecule has 0 bridgehead atoms. The van der Waals surface area contributed by atoms with Crippen LogP contribution >= 0.6 is 0 Å². The van der Waals surface area contributed by atoms with E-state index in [9.17, 15) is 39.6 Å². The van der Waals surface area contributed by atoms with Gasteiger partial charge < -0.3 is 16.0 Å². The van der Waals surface area contributed by atoms with Crippen molar-refractivity contribution < 1.29 is 39.6 Å². The number of anilines is 3. The summed E-state index contributed by atoms with van der Waals surface area (Å²) in [6.45, 7) is 4.61. The number of urea groups is 3. The molecule has 252 valence electrons. The summed E-state index contributed by atoms with van der Waals surface area (Å²) in [5.41, 5.74) is 0.536. The van der Waals surface area contributed by atoms with E-state index in [0.29, 0.717) is 16.7 Å². The van der Waals surface area contributed by atoms with E-state index in [4.69, 9.17) is 0 Å². The first-order valence-electron chi connectivity index (χ1n) is 13.8. The number of nitrogens with one attached hydrogen (secondary N) is 6. The number of hydrogen-bond acceptors (Lipinski definition) is 9. The van der Waals surface area contributed by atoms with E-state index in [0.717, 1.165) is 18.2 Å². The molecule has 0 aliphatic rings. The predicted molar refractivity (Wildman–Crippen MR) is 178 cm³/mol. The number of carbonyl (C=O) groups is 3. The van der Waals surface area contributed by atoms with E-state index >= 15 is 0 Å². The summed E-state index contributed by atoms with van der Waals surface area (Å²) < 4.78 is 82.4. The van der Waals surface area contributed by atoms with Gasteiger partial charge in [-0.2, -0.15) is 0 Å². The van der Waals surface area contributed by atoms with Crippen molar-refractivity contribution in [3.8, 4) is 0 Å². The number of carbonyl (C=O) groups excluding carboxylic acids is 3. The van der Waals surface area contributed by atoms with Crippen molar-refractivity contribution >= 4 is 65.2 Å². The maximum Gasteiger partial charge on any atom is 0.333 e. The van der Waals surface area contributed by atoms with Gasteiger partial charge in [-0.3, -0.25) is 0 Å². The summed E-state index contributed by atoms with van der Waals surface area (Å²) in [5, 5.41) is 6.81. The molecule has 6 amide bonds.